The van der Waals surface area contributed by atoms with Crippen LogP contribution in [-0.2, 0) is 9.59 Å². The summed E-state index contributed by atoms with van der Waals surface area (Å²) in [5.41, 5.74) is 4.98. The molecule has 0 saturated heterocycles. The third kappa shape index (κ3) is 3.34. The summed E-state index contributed by atoms with van der Waals surface area (Å²) in [6.45, 7) is 0. The van der Waals surface area contributed by atoms with Crippen LogP contribution >= 0.6 is 22.7 Å². The Morgan fingerprint density at radius 3 is 2.70 bits per heavy atom. The van der Waals surface area contributed by atoms with Crippen molar-refractivity contribution in [2.24, 2.45) is 5.73 Å². The number of nitrogens with two attached hydrogens (primary N) is 1. The second kappa shape index (κ2) is 6.02. The molecule has 2 aromatic rings. The first-order chi connectivity index (χ1) is 9.47. The maximum Gasteiger partial charge on any atom is 0.326 e. The van der Waals surface area contributed by atoms with Gasteiger partial charge in [0.05, 0.1) is 4.88 Å². The molecule has 2 heterocycles. The first kappa shape index (κ1) is 14.5. The van der Waals surface area contributed by atoms with E-state index in [2.05, 4.69) is 5.32 Å². The third-order valence-electron chi connectivity index (χ3n) is 2.65. The standard InChI is InChI=1S/C12H12N2O4S2/c13-10(15)2-1-6(12(17)18)14-11(16)9-5-8-7(20-9)3-4-19-8/h3-6H,1-2H2,(H2,13,15)(H,14,16)(H,17,18)/t6-/m0/s1. The van der Waals surface area contributed by atoms with Crippen molar-refractivity contribution in [3.63, 3.8) is 0 Å². The molecule has 0 unspecified atom stereocenters. The number of hydrogen-bond donors (Lipinski definition) is 3. The first-order valence-corrected chi connectivity index (χ1v) is 7.46. The van der Waals surface area contributed by atoms with E-state index in [0.29, 0.717) is 4.88 Å². The average molecular weight is 312 g/mol. The van der Waals surface area contributed by atoms with Crippen molar-refractivity contribution in [2.45, 2.75) is 18.9 Å². The van der Waals surface area contributed by atoms with Gasteiger partial charge in [0.1, 0.15) is 6.04 Å². The van der Waals surface area contributed by atoms with Crippen LogP contribution in [0, 0.1) is 0 Å². The summed E-state index contributed by atoms with van der Waals surface area (Å²) >= 11 is 2.82. The zero-order valence-electron chi connectivity index (χ0n) is 10.3. The average Bonchev–Trinajstić information content (AvgIpc) is 2.93. The molecule has 2 amide bonds. The molecule has 6 nitrogen and oxygen atoms in total. The van der Waals surface area contributed by atoms with Gasteiger partial charge < -0.3 is 16.2 Å². The molecule has 0 aliphatic heterocycles. The van der Waals surface area contributed by atoms with Crippen molar-refractivity contribution in [1.82, 2.24) is 5.32 Å². The van der Waals surface area contributed by atoms with Gasteiger partial charge in [-0.25, -0.2) is 4.79 Å². The minimum absolute atomic E-state index is 0.0177. The van der Waals surface area contributed by atoms with E-state index in [1.54, 1.807) is 6.07 Å². The summed E-state index contributed by atoms with van der Waals surface area (Å²) < 4.78 is 1.98. The molecule has 0 fully saturated rings. The predicted molar refractivity (Wildman–Crippen MR) is 77.0 cm³/mol. The summed E-state index contributed by atoms with van der Waals surface area (Å²) in [5.74, 6) is -2.23. The summed E-state index contributed by atoms with van der Waals surface area (Å²) in [5, 5.41) is 13.4. The van der Waals surface area contributed by atoms with Gasteiger partial charge in [0.15, 0.2) is 0 Å². The molecule has 0 aromatic carbocycles. The van der Waals surface area contributed by atoms with E-state index >= 15 is 0 Å². The molecular formula is C12H12N2O4S2. The van der Waals surface area contributed by atoms with Gasteiger partial charge in [0.2, 0.25) is 5.91 Å². The van der Waals surface area contributed by atoms with Crippen LogP contribution in [0.25, 0.3) is 9.40 Å². The molecule has 0 saturated carbocycles. The number of hydrogen-bond acceptors (Lipinski definition) is 5. The van der Waals surface area contributed by atoms with Gasteiger partial charge in [0.25, 0.3) is 5.91 Å². The Morgan fingerprint density at radius 1 is 1.35 bits per heavy atom. The lowest BCUT2D eigenvalue weighted by molar-refractivity contribution is -0.139. The second-order valence-corrected chi connectivity index (χ2v) is 6.16. The number of carbonyl (C=O) groups is 3. The molecule has 0 spiro atoms. The smallest absolute Gasteiger partial charge is 0.326 e. The number of carboxylic acids is 1. The van der Waals surface area contributed by atoms with Crippen LogP contribution < -0.4 is 11.1 Å². The highest BCUT2D eigenvalue weighted by molar-refractivity contribution is 7.27. The molecule has 4 N–H and O–H groups in total. The molecule has 8 heteroatoms. The number of carboxylic acid groups (broad SMARTS) is 1. The second-order valence-electron chi connectivity index (χ2n) is 4.13. The molecule has 0 aliphatic rings. The lowest BCUT2D eigenvalue weighted by atomic mass is 10.1. The first-order valence-electron chi connectivity index (χ1n) is 5.76. The zero-order valence-corrected chi connectivity index (χ0v) is 11.9. The molecule has 0 bridgehead atoms. The minimum Gasteiger partial charge on any atom is -0.480 e. The number of carbonyl (C=O) groups excluding carboxylic acids is 2. The largest absolute Gasteiger partial charge is 0.480 e. The molecule has 20 heavy (non-hydrogen) atoms. The van der Waals surface area contributed by atoms with Crippen LogP contribution in [0.15, 0.2) is 17.5 Å². The highest BCUT2D eigenvalue weighted by Crippen LogP contribution is 2.29. The molecule has 0 aliphatic carbocycles. The summed E-state index contributed by atoms with van der Waals surface area (Å²) in [6.07, 6.45) is -0.104. The number of primary amides is 1. The van der Waals surface area contributed by atoms with Crippen LogP contribution in [0.5, 0.6) is 0 Å². The van der Waals surface area contributed by atoms with E-state index < -0.39 is 23.8 Å². The number of rotatable bonds is 6. The van der Waals surface area contributed by atoms with E-state index in [9.17, 15) is 14.4 Å². The SMILES string of the molecule is NC(=O)CC[C@H](NC(=O)c1cc2sccc2s1)C(=O)O. The highest BCUT2D eigenvalue weighted by atomic mass is 32.1. The molecule has 2 rings (SSSR count). The van der Waals surface area contributed by atoms with Crippen LogP contribution in [-0.4, -0.2) is 28.9 Å². The van der Waals surface area contributed by atoms with Gasteiger partial charge in [-0.1, -0.05) is 0 Å². The number of thiophene rings is 2. The van der Waals surface area contributed by atoms with Crippen molar-refractivity contribution < 1.29 is 19.5 Å². The van der Waals surface area contributed by atoms with Crippen LogP contribution in [0.3, 0.4) is 0 Å². The lowest BCUT2D eigenvalue weighted by Gasteiger charge is -2.12. The Morgan fingerprint density at radius 2 is 2.10 bits per heavy atom. The Kier molecular flexibility index (Phi) is 4.35. The van der Waals surface area contributed by atoms with E-state index in [4.69, 9.17) is 10.8 Å². The van der Waals surface area contributed by atoms with E-state index in [-0.39, 0.29) is 12.8 Å². The van der Waals surface area contributed by atoms with Crippen LogP contribution in [0.2, 0.25) is 0 Å². The Balaban J connectivity index is 2.05. The molecule has 2 aromatic heterocycles. The van der Waals surface area contributed by atoms with E-state index in [0.717, 1.165) is 9.40 Å². The molecule has 0 radical (unpaired) electrons. The Labute approximate surface area is 122 Å². The zero-order chi connectivity index (χ0) is 14.7. The Bertz CT molecular complexity index is 633. The minimum atomic E-state index is -1.18. The van der Waals surface area contributed by atoms with Gasteiger partial charge in [-0.2, -0.15) is 0 Å². The van der Waals surface area contributed by atoms with Crippen LogP contribution in [0.1, 0.15) is 22.5 Å². The van der Waals surface area contributed by atoms with Gasteiger partial charge in [-0.05, 0) is 23.9 Å². The Hall–Kier alpha value is -1.93. The van der Waals surface area contributed by atoms with Crippen molar-refractivity contribution in [1.29, 1.82) is 0 Å². The predicted octanol–water partition coefficient (Wildman–Crippen LogP) is 1.41. The van der Waals surface area contributed by atoms with Crippen molar-refractivity contribution in [2.75, 3.05) is 0 Å². The van der Waals surface area contributed by atoms with Gasteiger partial charge in [-0.15, -0.1) is 22.7 Å². The third-order valence-corrected chi connectivity index (χ3v) is 4.74. The van der Waals surface area contributed by atoms with Gasteiger partial charge >= 0.3 is 5.97 Å². The fraction of sp³-hybridized carbons (Fsp3) is 0.250. The number of aliphatic carboxylic acids is 1. The molecular weight excluding hydrogens is 300 g/mol. The maximum atomic E-state index is 12.0. The quantitative estimate of drug-likeness (QED) is 0.749. The van der Waals surface area contributed by atoms with Gasteiger partial charge in [-0.3, -0.25) is 9.59 Å². The fourth-order valence-corrected chi connectivity index (χ4v) is 3.66. The summed E-state index contributed by atoms with van der Waals surface area (Å²) in [4.78, 5) is 34.2. The van der Waals surface area contributed by atoms with Crippen molar-refractivity contribution in [3.8, 4) is 0 Å². The lowest BCUT2D eigenvalue weighted by Crippen LogP contribution is -2.41. The summed E-state index contributed by atoms with van der Waals surface area (Å²) in [6, 6.07) is 2.52. The molecule has 106 valence electrons. The van der Waals surface area contributed by atoms with Crippen molar-refractivity contribution >= 4 is 49.9 Å². The van der Waals surface area contributed by atoms with Crippen LogP contribution in [0.4, 0.5) is 0 Å². The maximum absolute atomic E-state index is 12.0. The topological polar surface area (TPSA) is 109 Å². The van der Waals surface area contributed by atoms with Crippen molar-refractivity contribution in [3.05, 3.63) is 22.4 Å². The molecule has 1 atom stereocenters. The normalized spacial score (nSPS) is 12.2. The number of amides is 2. The van der Waals surface area contributed by atoms with E-state index in [1.807, 2.05) is 11.4 Å². The highest BCUT2D eigenvalue weighted by Gasteiger charge is 2.22. The van der Waals surface area contributed by atoms with E-state index in [1.165, 1.54) is 22.7 Å². The fourth-order valence-electron chi connectivity index (χ4n) is 1.65. The number of fused-ring (bicyclic) bond motifs is 1. The monoisotopic (exact) mass is 312 g/mol. The van der Waals surface area contributed by atoms with Gasteiger partial charge in [0, 0.05) is 15.8 Å². The summed E-state index contributed by atoms with van der Waals surface area (Å²) in [7, 11) is 0. The number of nitrogens with one attached hydrogen (secondary N) is 1.